The van der Waals surface area contributed by atoms with Crippen LogP contribution in [0.4, 0.5) is 0 Å². The highest BCUT2D eigenvalue weighted by Crippen LogP contribution is 2.38. The maximum atomic E-state index is 9.64. The molecule has 70 valence electrons. The van der Waals surface area contributed by atoms with Crippen LogP contribution in [0.3, 0.4) is 0 Å². The Labute approximate surface area is 74.4 Å². The number of aliphatic hydroxyl groups excluding tert-OH is 1. The molecular formula is C10H19NO. The third-order valence-electron chi connectivity index (χ3n) is 3.39. The Balaban J connectivity index is 2.05. The van der Waals surface area contributed by atoms with Gasteiger partial charge in [0.05, 0.1) is 6.10 Å². The minimum atomic E-state index is -0.0368. The zero-order valence-electron chi connectivity index (χ0n) is 7.84. The highest BCUT2D eigenvalue weighted by atomic mass is 16.3. The lowest BCUT2D eigenvalue weighted by Crippen LogP contribution is -2.50. The molecule has 12 heavy (non-hydrogen) atoms. The van der Waals surface area contributed by atoms with Crippen molar-refractivity contribution in [3.8, 4) is 0 Å². The summed E-state index contributed by atoms with van der Waals surface area (Å²) in [6.07, 6.45) is 6.94. The topological polar surface area (TPSA) is 32.3 Å². The average Bonchev–Trinajstić information content (AvgIpc) is 2.27. The summed E-state index contributed by atoms with van der Waals surface area (Å²) < 4.78 is 0. The van der Waals surface area contributed by atoms with Gasteiger partial charge in [0.15, 0.2) is 0 Å². The summed E-state index contributed by atoms with van der Waals surface area (Å²) in [5.41, 5.74) is 0.317. The fourth-order valence-corrected chi connectivity index (χ4v) is 3.01. The summed E-state index contributed by atoms with van der Waals surface area (Å²) in [6, 6.07) is 0.611. The van der Waals surface area contributed by atoms with E-state index in [1.165, 1.54) is 25.7 Å². The third-order valence-corrected chi connectivity index (χ3v) is 3.39. The number of hydrogen-bond acceptors (Lipinski definition) is 2. The first-order valence-electron chi connectivity index (χ1n) is 5.20. The molecule has 3 atom stereocenters. The minimum absolute atomic E-state index is 0.0368. The van der Waals surface area contributed by atoms with Gasteiger partial charge in [-0.2, -0.15) is 0 Å². The molecule has 2 fully saturated rings. The van der Waals surface area contributed by atoms with Crippen molar-refractivity contribution < 1.29 is 5.11 Å². The minimum Gasteiger partial charge on any atom is -0.393 e. The van der Waals surface area contributed by atoms with Gasteiger partial charge in [-0.25, -0.2) is 0 Å². The highest BCUT2D eigenvalue weighted by Gasteiger charge is 2.43. The van der Waals surface area contributed by atoms with Crippen molar-refractivity contribution in [2.45, 2.75) is 63.1 Å². The lowest BCUT2D eigenvalue weighted by Gasteiger charge is -2.37. The van der Waals surface area contributed by atoms with Gasteiger partial charge in [0.1, 0.15) is 0 Å². The standard InChI is InChI=1S/C10H19NO/c1-2-4-10-5-3-8(11-10)6-9(12)7-10/h8-9,11-12H,2-7H2,1H3. The van der Waals surface area contributed by atoms with Crippen LogP contribution in [0.15, 0.2) is 0 Å². The van der Waals surface area contributed by atoms with Gasteiger partial charge in [0.25, 0.3) is 0 Å². The molecule has 2 bridgehead atoms. The predicted molar refractivity (Wildman–Crippen MR) is 49.0 cm³/mol. The van der Waals surface area contributed by atoms with Crippen LogP contribution in [0.25, 0.3) is 0 Å². The Morgan fingerprint density at radius 3 is 3.17 bits per heavy atom. The van der Waals surface area contributed by atoms with Crippen molar-refractivity contribution >= 4 is 0 Å². The molecule has 2 rings (SSSR count). The Kier molecular flexibility index (Phi) is 2.13. The summed E-state index contributed by atoms with van der Waals surface area (Å²) in [5, 5.41) is 13.3. The number of fused-ring (bicyclic) bond motifs is 2. The largest absolute Gasteiger partial charge is 0.393 e. The van der Waals surface area contributed by atoms with Gasteiger partial charge >= 0.3 is 0 Å². The highest BCUT2D eigenvalue weighted by molar-refractivity contribution is 5.03. The van der Waals surface area contributed by atoms with Crippen LogP contribution in [-0.2, 0) is 0 Å². The summed E-state index contributed by atoms with van der Waals surface area (Å²) in [7, 11) is 0. The van der Waals surface area contributed by atoms with Gasteiger partial charge in [0.2, 0.25) is 0 Å². The van der Waals surface area contributed by atoms with Gasteiger partial charge in [0, 0.05) is 11.6 Å². The lowest BCUT2D eigenvalue weighted by atomic mass is 9.85. The van der Waals surface area contributed by atoms with Crippen molar-refractivity contribution in [1.82, 2.24) is 5.32 Å². The molecule has 0 aliphatic carbocycles. The van der Waals surface area contributed by atoms with Gasteiger partial charge in [-0.3, -0.25) is 0 Å². The SMILES string of the molecule is CCCC12CCC(CC(O)C1)N2. The Morgan fingerprint density at radius 2 is 2.42 bits per heavy atom. The Bertz CT molecular complexity index is 167. The second-order valence-electron chi connectivity index (χ2n) is 4.50. The number of aliphatic hydroxyl groups is 1. The van der Waals surface area contributed by atoms with Crippen molar-refractivity contribution in [3.63, 3.8) is 0 Å². The number of piperidine rings is 1. The van der Waals surface area contributed by atoms with Crippen LogP contribution in [-0.4, -0.2) is 22.8 Å². The molecule has 0 aromatic rings. The molecule has 0 aromatic heterocycles. The first-order chi connectivity index (χ1) is 5.74. The van der Waals surface area contributed by atoms with Crippen molar-refractivity contribution in [3.05, 3.63) is 0 Å². The van der Waals surface area contributed by atoms with E-state index in [0.29, 0.717) is 11.6 Å². The molecule has 2 nitrogen and oxygen atoms in total. The second-order valence-corrected chi connectivity index (χ2v) is 4.50. The molecule has 2 heterocycles. The van der Waals surface area contributed by atoms with Gasteiger partial charge in [-0.1, -0.05) is 13.3 Å². The molecule has 0 aromatic carbocycles. The van der Waals surface area contributed by atoms with Crippen LogP contribution in [0.5, 0.6) is 0 Å². The zero-order chi connectivity index (χ0) is 8.60. The summed E-state index contributed by atoms with van der Waals surface area (Å²) in [4.78, 5) is 0. The van der Waals surface area contributed by atoms with Crippen LogP contribution in [0, 0.1) is 0 Å². The molecular weight excluding hydrogens is 150 g/mol. The van der Waals surface area contributed by atoms with E-state index >= 15 is 0 Å². The number of nitrogens with one attached hydrogen (secondary N) is 1. The fraction of sp³-hybridized carbons (Fsp3) is 1.00. The Hall–Kier alpha value is -0.0800. The van der Waals surface area contributed by atoms with Crippen LogP contribution < -0.4 is 5.32 Å². The lowest BCUT2D eigenvalue weighted by molar-refractivity contribution is 0.0772. The Morgan fingerprint density at radius 1 is 1.58 bits per heavy atom. The van der Waals surface area contributed by atoms with E-state index in [4.69, 9.17) is 0 Å². The van der Waals surface area contributed by atoms with E-state index in [9.17, 15) is 5.11 Å². The van der Waals surface area contributed by atoms with E-state index in [1.807, 2.05) is 0 Å². The normalized spacial score (nSPS) is 46.5. The van der Waals surface area contributed by atoms with Crippen LogP contribution >= 0.6 is 0 Å². The second kappa shape index (κ2) is 3.00. The van der Waals surface area contributed by atoms with E-state index < -0.39 is 0 Å². The molecule has 0 spiro atoms. The van der Waals surface area contributed by atoms with E-state index in [1.54, 1.807) is 0 Å². The molecule has 2 aliphatic heterocycles. The number of rotatable bonds is 2. The van der Waals surface area contributed by atoms with Crippen molar-refractivity contribution in [1.29, 1.82) is 0 Å². The third kappa shape index (κ3) is 1.38. The van der Waals surface area contributed by atoms with Gasteiger partial charge in [-0.05, 0) is 32.1 Å². The van der Waals surface area contributed by atoms with Crippen LogP contribution in [0.2, 0.25) is 0 Å². The first-order valence-corrected chi connectivity index (χ1v) is 5.20. The fourth-order valence-electron chi connectivity index (χ4n) is 3.01. The zero-order valence-corrected chi connectivity index (χ0v) is 7.84. The maximum absolute atomic E-state index is 9.64. The molecule has 2 aliphatic rings. The summed E-state index contributed by atoms with van der Waals surface area (Å²) in [5.74, 6) is 0. The van der Waals surface area contributed by atoms with Crippen molar-refractivity contribution in [2.24, 2.45) is 0 Å². The molecule has 2 heteroatoms. The molecule has 2 saturated heterocycles. The molecule has 3 unspecified atom stereocenters. The predicted octanol–water partition coefficient (Wildman–Crippen LogP) is 1.43. The summed E-state index contributed by atoms with van der Waals surface area (Å²) >= 11 is 0. The van der Waals surface area contributed by atoms with Gasteiger partial charge < -0.3 is 10.4 Å². The number of hydrogen-bond donors (Lipinski definition) is 2. The van der Waals surface area contributed by atoms with E-state index in [2.05, 4.69) is 12.2 Å². The first kappa shape index (κ1) is 8.52. The molecule has 2 N–H and O–H groups in total. The molecule has 0 saturated carbocycles. The van der Waals surface area contributed by atoms with E-state index in [0.717, 1.165) is 12.8 Å². The monoisotopic (exact) mass is 169 g/mol. The maximum Gasteiger partial charge on any atom is 0.0572 e. The molecule has 0 radical (unpaired) electrons. The van der Waals surface area contributed by atoms with E-state index in [-0.39, 0.29) is 6.10 Å². The quantitative estimate of drug-likeness (QED) is 0.655. The smallest absolute Gasteiger partial charge is 0.0572 e. The van der Waals surface area contributed by atoms with Gasteiger partial charge in [-0.15, -0.1) is 0 Å². The van der Waals surface area contributed by atoms with Crippen LogP contribution in [0.1, 0.15) is 45.4 Å². The van der Waals surface area contributed by atoms with Crippen molar-refractivity contribution in [2.75, 3.05) is 0 Å². The summed E-state index contributed by atoms with van der Waals surface area (Å²) in [6.45, 7) is 2.23. The molecule has 0 amide bonds. The average molecular weight is 169 g/mol.